The number of aryl methyl sites for hydroxylation is 2. The second-order valence-electron chi connectivity index (χ2n) is 7.18. The molecule has 0 aromatic heterocycles. The Morgan fingerprint density at radius 2 is 1.68 bits per heavy atom. The van der Waals surface area contributed by atoms with E-state index in [-0.39, 0.29) is 12.0 Å². The first kappa shape index (κ1) is 15.5. The third-order valence-electron chi connectivity index (χ3n) is 5.23. The molecule has 0 aliphatic carbocycles. The molecule has 3 heteroatoms. The molecule has 0 radical (unpaired) electrons. The molecule has 0 bridgehead atoms. The Kier molecular flexibility index (Phi) is 4.53. The number of likely N-dealkylation sites (tertiary alicyclic amines) is 2. The Labute approximate surface area is 134 Å². The molecule has 0 unspecified atom stereocenters. The number of benzene rings is 1. The van der Waals surface area contributed by atoms with Crippen molar-refractivity contribution in [1.82, 2.24) is 9.80 Å². The second kappa shape index (κ2) is 6.41. The summed E-state index contributed by atoms with van der Waals surface area (Å²) < 4.78 is 0. The SMILES string of the molecule is Cc1cc(C)cc([C@H]2C[C@@H](CN3CCCCC3)C(=O)N2C)c1. The third kappa shape index (κ3) is 3.19. The van der Waals surface area contributed by atoms with E-state index in [0.29, 0.717) is 5.91 Å². The van der Waals surface area contributed by atoms with Crippen LogP contribution in [0.25, 0.3) is 0 Å². The van der Waals surface area contributed by atoms with Crippen LogP contribution < -0.4 is 0 Å². The first-order valence-corrected chi connectivity index (χ1v) is 8.62. The first-order valence-electron chi connectivity index (χ1n) is 8.62. The van der Waals surface area contributed by atoms with E-state index in [2.05, 4.69) is 36.9 Å². The summed E-state index contributed by atoms with van der Waals surface area (Å²) in [7, 11) is 1.97. The molecule has 1 aromatic carbocycles. The molecular weight excluding hydrogens is 272 g/mol. The predicted octanol–water partition coefficient (Wildman–Crippen LogP) is 3.31. The van der Waals surface area contributed by atoms with Gasteiger partial charge in [-0.1, -0.05) is 35.7 Å². The Morgan fingerprint density at radius 1 is 1.05 bits per heavy atom. The fraction of sp³-hybridized carbons (Fsp3) is 0.632. The van der Waals surface area contributed by atoms with Crippen molar-refractivity contribution in [2.45, 2.75) is 45.6 Å². The molecule has 2 fully saturated rings. The van der Waals surface area contributed by atoms with E-state index in [0.717, 1.165) is 13.0 Å². The number of nitrogens with zero attached hydrogens (tertiary/aromatic N) is 2. The van der Waals surface area contributed by atoms with Crippen molar-refractivity contribution >= 4 is 5.91 Å². The van der Waals surface area contributed by atoms with Gasteiger partial charge in [0, 0.05) is 13.6 Å². The minimum absolute atomic E-state index is 0.175. The molecule has 0 N–H and O–H groups in total. The molecule has 2 atom stereocenters. The summed E-state index contributed by atoms with van der Waals surface area (Å²) >= 11 is 0. The number of hydrogen-bond acceptors (Lipinski definition) is 2. The van der Waals surface area contributed by atoms with E-state index in [4.69, 9.17) is 0 Å². The lowest BCUT2D eigenvalue weighted by atomic mass is 9.96. The topological polar surface area (TPSA) is 23.6 Å². The smallest absolute Gasteiger partial charge is 0.227 e. The van der Waals surface area contributed by atoms with Crippen LogP contribution >= 0.6 is 0 Å². The highest BCUT2D eigenvalue weighted by Gasteiger charge is 2.38. The van der Waals surface area contributed by atoms with E-state index in [1.54, 1.807) is 0 Å². The molecule has 0 spiro atoms. The summed E-state index contributed by atoms with van der Waals surface area (Å²) in [5.74, 6) is 0.503. The van der Waals surface area contributed by atoms with Crippen molar-refractivity contribution in [3.8, 4) is 0 Å². The van der Waals surface area contributed by atoms with Gasteiger partial charge in [-0.3, -0.25) is 4.79 Å². The lowest BCUT2D eigenvalue weighted by molar-refractivity contribution is -0.131. The maximum Gasteiger partial charge on any atom is 0.227 e. The Bertz CT molecular complexity index is 528. The number of amides is 1. The molecule has 1 amide bonds. The fourth-order valence-corrected chi connectivity index (χ4v) is 4.14. The molecule has 22 heavy (non-hydrogen) atoms. The molecule has 3 nitrogen and oxygen atoms in total. The summed E-state index contributed by atoms with van der Waals surface area (Å²) in [6.45, 7) is 7.56. The quantitative estimate of drug-likeness (QED) is 0.855. The number of carbonyl (C=O) groups excluding carboxylic acids is 1. The zero-order valence-electron chi connectivity index (χ0n) is 14.1. The van der Waals surface area contributed by atoms with Gasteiger partial charge in [-0.15, -0.1) is 0 Å². The largest absolute Gasteiger partial charge is 0.338 e. The number of carbonyl (C=O) groups is 1. The molecule has 2 aliphatic rings. The molecule has 0 saturated carbocycles. The maximum atomic E-state index is 12.6. The summed E-state index contributed by atoms with van der Waals surface area (Å²) in [4.78, 5) is 17.1. The maximum absolute atomic E-state index is 12.6. The van der Waals surface area contributed by atoms with E-state index in [9.17, 15) is 4.79 Å². The highest BCUT2D eigenvalue weighted by Crippen LogP contribution is 2.36. The molecule has 2 aliphatic heterocycles. The van der Waals surface area contributed by atoms with Gasteiger partial charge in [0.05, 0.1) is 12.0 Å². The summed E-state index contributed by atoms with van der Waals surface area (Å²) in [6, 6.07) is 6.93. The average Bonchev–Trinajstić information content (AvgIpc) is 2.76. The average molecular weight is 300 g/mol. The van der Waals surface area contributed by atoms with Crippen molar-refractivity contribution in [2.24, 2.45) is 5.92 Å². The minimum Gasteiger partial charge on any atom is -0.338 e. The molecule has 1 aromatic rings. The van der Waals surface area contributed by atoms with Crippen molar-refractivity contribution in [1.29, 1.82) is 0 Å². The van der Waals surface area contributed by atoms with Gasteiger partial charge in [0.1, 0.15) is 0 Å². The molecule has 3 rings (SSSR count). The number of piperidine rings is 1. The Morgan fingerprint density at radius 3 is 2.32 bits per heavy atom. The van der Waals surface area contributed by atoms with E-state index >= 15 is 0 Å². The van der Waals surface area contributed by atoms with Crippen molar-refractivity contribution in [2.75, 3.05) is 26.7 Å². The van der Waals surface area contributed by atoms with Crippen molar-refractivity contribution in [3.05, 3.63) is 34.9 Å². The monoisotopic (exact) mass is 300 g/mol. The highest BCUT2D eigenvalue weighted by atomic mass is 16.2. The summed E-state index contributed by atoms with van der Waals surface area (Å²) in [5.41, 5.74) is 3.88. The molecular formula is C19H28N2O. The standard InChI is InChI=1S/C19H28N2O/c1-14-9-15(2)11-16(10-14)18-12-17(19(22)20(18)3)13-21-7-5-4-6-8-21/h9-11,17-18H,4-8,12-13H2,1-3H3/t17-,18+/m0/s1. The van der Waals surface area contributed by atoms with Crippen LogP contribution in [0.5, 0.6) is 0 Å². The van der Waals surface area contributed by atoms with Crippen LogP contribution in [-0.4, -0.2) is 42.4 Å². The van der Waals surface area contributed by atoms with Gasteiger partial charge >= 0.3 is 0 Å². The van der Waals surface area contributed by atoms with Crippen LogP contribution in [0.15, 0.2) is 18.2 Å². The first-order chi connectivity index (χ1) is 10.5. The summed E-state index contributed by atoms with van der Waals surface area (Å²) in [5, 5.41) is 0. The molecule has 2 heterocycles. The zero-order chi connectivity index (χ0) is 15.7. The van der Waals surface area contributed by atoms with Gasteiger partial charge in [0.15, 0.2) is 0 Å². The normalized spacial score (nSPS) is 26.7. The van der Waals surface area contributed by atoms with E-state index < -0.39 is 0 Å². The van der Waals surface area contributed by atoms with E-state index in [1.165, 1.54) is 49.0 Å². The van der Waals surface area contributed by atoms with Crippen LogP contribution in [0, 0.1) is 19.8 Å². The minimum atomic E-state index is 0.175. The predicted molar refractivity (Wildman–Crippen MR) is 89.8 cm³/mol. The second-order valence-corrected chi connectivity index (χ2v) is 7.18. The van der Waals surface area contributed by atoms with Gasteiger partial charge in [-0.25, -0.2) is 0 Å². The van der Waals surface area contributed by atoms with Crippen LogP contribution in [-0.2, 0) is 4.79 Å². The van der Waals surface area contributed by atoms with Gasteiger partial charge in [0.25, 0.3) is 0 Å². The lowest BCUT2D eigenvalue weighted by Crippen LogP contribution is -2.36. The fourth-order valence-electron chi connectivity index (χ4n) is 4.14. The van der Waals surface area contributed by atoms with Gasteiger partial charge < -0.3 is 9.80 Å². The van der Waals surface area contributed by atoms with Crippen LogP contribution in [0.1, 0.15) is 48.4 Å². The molecule has 120 valence electrons. The number of hydrogen-bond donors (Lipinski definition) is 0. The Balaban J connectivity index is 1.73. The zero-order valence-corrected chi connectivity index (χ0v) is 14.1. The van der Waals surface area contributed by atoms with Gasteiger partial charge in [-0.05, 0) is 51.8 Å². The van der Waals surface area contributed by atoms with Crippen LogP contribution in [0.4, 0.5) is 0 Å². The summed E-state index contributed by atoms with van der Waals surface area (Å²) in [6.07, 6.45) is 4.89. The van der Waals surface area contributed by atoms with Gasteiger partial charge in [-0.2, -0.15) is 0 Å². The van der Waals surface area contributed by atoms with Crippen molar-refractivity contribution < 1.29 is 4.79 Å². The lowest BCUT2D eigenvalue weighted by Gasteiger charge is -2.28. The third-order valence-corrected chi connectivity index (χ3v) is 5.23. The van der Waals surface area contributed by atoms with E-state index in [1.807, 2.05) is 11.9 Å². The molecule has 2 saturated heterocycles. The highest BCUT2D eigenvalue weighted by molar-refractivity contribution is 5.81. The van der Waals surface area contributed by atoms with Crippen LogP contribution in [0.3, 0.4) is 0 Å². The number of rotatable bonds is 3. The van der Waals surface area contributed by atoms with Crippen LogP contribution in [0.2, 0.25) is 0 Å². The van der Waals surface area contributed by atoms with Crippen molar-refractivity contribution in [3.63, 3.8) is 0 Å². The van der Waals surface area contributed by atoms with Gasteiger partial charge in [0.2, 0.25) is 5.91 Å². The Hall–Kier alpha value is -1.35.